The largest absolute Gasteiger partial charge is 0.497 e. The van der Waals surface area contributed by atoms with E-state index in [2.05, 4.69) is 5.32 Å². The van der Waals surface area contributed by atoms with E-state index in [4.69, 9.17) is 10.5 Å². The molecule has 2 aromatic rings. The van der Waals surface area contributed by atoms with Crippen molar-refractivity contribution in [3.63, 3.8) is 0 Å². The highest BCUT2D eigenvalue weighted by Gasteiger charge is 2.10. The van der Waals surface area contributed by atoms with Gasteiger partial charge in [-0.25, -0.2) is 0 Å². The lowest BCUT2D eigenvalue weighted by Crippen LogP contribution is -2.26. The first-order valence-corrected chi connectivity index (χ1v) is 6.23. The van der Waals surface area contributed by atoms with Crippen LogP contribution in [0, 0.1) is 5.92 Å². The van der Waals surface area contributed by atoms with E-state index in [1.54, 1.807) is 14.0 Å². The number of nitrogens with two attached hydrogens (primary N) is 1. The lowest BCUT2D eigenvalue weighted by molar-refractivity contribution is -0.119. The van der Waals surface area contributed by atoms with Gasteiger partial charge in [0.1, 0.15) is 5.75 Å². The number of rotatable bonds is 4. The Kier molecular flexibility index (Phi) is 4.02. The van der Waals surface area contributed by atoms with Gasteiger partial charge in [-0.3, -0.25) is 4.79 Å². The lowest BCUT2D eigenvalue weighted by Gasteiger charge is -2.11. The Balaban J connectivity index is 2.24. The van der Waals surface area contributed by atoms with E-state index in [9.17, 15) is 4.79 Å². The molecule has 0 radical (unpaired) electrons. The Morgan fingerprint density at radius 1 is 1.26 bits per heavy atom. The molecule has 100 valence electrons. The van der Waals surface area contributed by atoms with E-state index in [-0.39, 0.29) is 11.8 Å². The summed E-state index contributed by atoms with van der Waals surface area (Å²) >= 11 is 0. The fourth-order valence-corrected chi connectivity index (χ4v) is 1.80. The number of ether oxygens (including phenoxy) is 1. The Morgan fingerprint density at radius 2 is 1.95 bits per heavy atom. The zero-order valence-electron chi connectivity index (χ0n) is 11.1. The molecular weight excluding hydrogens is 240 g/mol. The van der Waals surface area contributed by atoms with E-state index in [1.807, 2.05) is 36.4 Å². The number of carbonyl (C=O) groups is 1. The minimum absolute atomic E-state index is 0.0599. The number of hydrogen-bond acceptors (Lipinski definition) is 3. The van der Waals surface area contributed by atoms with Gasteiger partial charge in [0.05, 0.1) is 7.11 Å². The smallest absolute Gasteiger partial charge is 0.228 e. The quantitative estimate of drug-likeness (QED) is 0.885. The normalized spacial score (nSPS) is 12.2. The van der Waals surface area contributed by atoms with Crippen LogP contribution in [0.4, 0.5) is 5.69 Å². The van der Waals surface area contributed by atoms with Crippen LogP contribution in [0.15, 0.2) is 36.4 Å². The zero-order chi connectivity index (χ0) is 13.8. The number of anilines is 1. The Hall–Kier alpha value is -2.07. The van der Waals surface area contributed by atoms with E-state index in [1.165, 1.54) is 0 Å². The molecule has 0 saturated heterocycles. The van der Waals surface area contributed by atoms with Crippen LogP contribution in [-0.4, -0.2) is 19.6 Å². The maximum Gasteiger partial charge on any atom is 0.228 e. The molecule has 1 unspecified atom stereocenters. The third-order valence-electron chi connectivity index (χ3n) is 3.12. The fourth-order valence-electron chi connectivity index (χ4n) is 1.80. The van der Waals surface area contributed by atoms with Crippen LogP contribution in [-0.2, 0) is 4.79 Å². The molecule has 0 bridgehead atoms. The number of fused-ring (bicyclic) bond motifs is 1. The second-order valence-corrected chi connectivity index (χ2v) is 4.55. The summed E-state index contributed by atoms with van der Waals surface area (Å²) in [4.78, 5) is 11.8. The van der Waals surface area contributed by atoms with Gasteiger partial charge in [0, 0.05) is 18.2 Å². The minimum Gasteiger partial charge on any atom is -0.497 e. The fraction of sp³-hybridized carbons (Fsp3) is 0.267. The van der Waals surface area contributed by atoms with Crippen molar-refractivity contribution >= 4 is 22.4 Å². The molecule has 19 heavy (non-hydrogen) atoms. The Labute approximate surface area is 112 Å². The second kappa shape index (κ2) is 5.71. The van der Waals surface area contributed by atoms with E-state index in [0.717, 1.165) is 22.2 Å². The molecule has 1 atom stereocenters. The van der Waals surface area contributed by atoms with Crippen LogP contribution >= 0.6 is 0 Å². The highest BCUT2D eigenvalue weighted by atomic mass is 16.5. The van der Waals surface area contributed by atoms with Gasteiger partial charge in [-0.05, 0) is 35.0 Å². The van der Waals surface area contributed by atoms with Crippen molar-refractivity contribution in [1.82, 2.24) is 0 Å². The number of amides is 1. The van der Waals surface area contributed by atoms with Crippen LogP contribution in [0.25, 0.3) is 10.8 Å². The first kappa shape index (κ1) is 13.4. The summed E-state index contributed by atoms with van der Waals surface area (Å²) in [5.74, 6) is 0.572. The molecule has 0 aliphatic carbocycles. The van der Waals surface area contributed by atoms with Crippen LogP contribution in [0.3, 0.4) is 0 Å². The van der Waals surface area contributed by atoms with Crippen LogP contribution in [0.5, 0.6) is 5.75 Å². The topological polar surface area (TPSA) is 64.3 Å². The van der Waals surface area contributed by atoms with Crippen LogP contribution in [0.1, 0.15) is 6.92 Å². The van der Waals surface area contributed by atoms with Gasteiger partial charge < -0.3 is 15.8 Å². The first-order chi connectivity index (χ1) is 9.13. The maximum atomic E-state index is 11.8. The van der Waals surface area contributed by atoms with Crippen molar-refractivity contribution in [3.05, 3.63) is 36.4 Å². The predicted octanol–water partition coefficient (Wildman–Crippen LogP) is 2.38. The number of hydrogen-bond donors (Lipinski definition) is 2. The molecule has 0 spiro atoms. The molecule has 0 aromatic heterocycles. The monoisotopic (exact) mass is 258 g/mol. The number of methoxy groups -OCH3 is 1. The molecule has 0 aliphatic rings. The maximum absolute atomic E-state index is 11.8. The molecule has 1 amide bonds. The highest BCUT2D eigenvalue weighted by molar-refractivity contribution is 5.95. The number of nitrogens with one attached hydrogen (secondary N) is 1. The van der Waals surface area contributed by atoms with Crippen LogP contribution < -0.4 is 15.8 Å². The third kappa shape index (κ3) is 3.03. The summed E-state index contributed by atoms with van der Waals surface area (Å²) in [5.41, 5.74) is 6.25. The van der Waals surface area contributed by atoms with Crippen molar-refractivity contribution in [1.29, 1.82) is 0 Å². The van der Waals surface area contributed by atoms with Gasteiger partial charge >= 0.3 is 0 Å². The van der Waals surface area contributed by atoms with Crippen molar-refractivity contribution < 1.29 is 9.53 Å². The van der Waals surface area contributed by atoms with Gasteiger partial charge in [-0.2, -0.15) is 0 Å². The third-order valence-corrected chi connectivity index (χ3v) is 3.12. The van der Waals surface area contributed by atoms with Crippen molar-refractivity contribution in [2.75, 3.05) is 19.0 Å². The Morgan fingerprint density at radius 3 is 2.63 bits per heavy atom. The minimum atomic E-state index is -0.188. The highest BCUT2D eigenvalue weighted by Crippen LogP contribution is 2.23. The summed E-state index contributed by atoms with van der Waals surface area (Å²) in [6, 6.07) is 11.6. The van der Waals surface area contributed by atoms with Gasteiger partial charge in [-0.15, -0.1) is 0 Å². The summed E-state index contributed by atoms with van der Waals surface area (Å²) in [6.07, 6.45) is 0. The summed E-state index contributed by atoms with van der Waals surface area (Å²) in [5, 5.41) is 4.99. The van der Waals surface area contributed by atoms with Gasteiger partial charge in [-0.1, -0.05) is 19.1 Å². The van der Waals surface area contributed by atoms with E-state index in [0.29, 0.717) is 6.54 Å². The van der Waals surface area contributed by atoms with Crippen molar-refractivity contribution in [3.8, 4) is 5.75 Å². The molecule has 2 aromatic carbocycles. The molecule has 0 heterocycles. The van der Waals surface area contributed by atoms with Crippen LogP contribution in [0.2, 0.25) is 0 Å². The van der Waals surface area contributed by atoms with Crippen molar-refractivity contribution in [2.45, 2.75) is 6.92 Å². The van der Waals surface area contributed by atoms with Gasteiger partial charge in [0.15, 0.2) is 0 Å². The van der Waals surface area contributed by atoms with Gasteiger partial charge in [0.2, 0.25) is 5.91 Å². The van der Waals surface area contributed by atoms with E-state index >= 15 is 0 Å². The average Bonchev–Trinajstić information content (AvgIpc) is 2.45. The number of carbonyl (C=O) groups excluding carboxylic acids is 1. The molecule has 4 nitrogen and oxygen atoms in total. The number of benzene rings is 2. The van der Waals surface area contributed by atoms with E-state index < -0.39 is 0 Å². The second-order valence-electron chi connectivity index (χ2n) is 4.55. The van der Waals surface area contributed by atoms with Gasteiger partial charge in [0.25, 0.3) is 0 Å². The molecule has 0 saturated carbocycles. The average molecular weight is 258 g/mol. The molecule has 4 heteroatoms. The first-order valence-electron chi connectivity index (χ1n) is 6.23. The molecule has 2 rings (SSSR count). The zero-order valence-corrected chi connectivity index (χ0v) is 11.1. The standard InChI is InChI=1S/C15H18N2O2/c1-10(9-16)15(18)17-13-5-3-12-8-14(19-2)6-4-11(12)7-13/h3-8,10H,9,16H2,1-2H3,(H,17,18). The predicted molar refractivity (Wildman–Crippen MR) is 77.3 cm³/mol. The summed E-state index contributed by atoms with van der Waals surface area (Å²) < 4.78 is 5.18. The summed E-state index contributed by atoms with van der Waals surface area (Å²) in [7, 11) is 1.64. The SMILES string of the molecule is COc1ccc2cc(NC(=O)C(C)CN)ccc2c1. The Bertz CT molecular complexity index is 596. The molecule has 3 N–H and O–H groups in total. The van der Waals surface area contributed by atoms with Crippen molar-refractivity contribution in [2.24, 2.45) is 11.7 Å². The summed E-state index contributed by atoms with van der Waals surface area (Å²) in [6.45, 7) is 2.15. The molecular formula is C15H18N2O2. The molecule has 0 aliphatic heterocycles. The molecule has 0 fully saturated rings. The lowest BCUT2D eigenvalue weighted by atomic mass is 10.1.